The molecule has 0 spiro atoms. The maximum absolute atomic E-state index is 12.2. The van der Waals surface area contributed by atoms with Crippen molar-refractivity contribution >= 4 is 17.7 Å². The van der Waals surface area contributed by atoms with Crippen LogP contribution in [0.1, 0.15) is 0 Å². The van der Waals surface area contributed by atoms with Gasteiger partial charge >= 0.3 is 0 Å². The Morgan fingerprint density at radius 3 is 2.29 bits per heavy atom. The average molecular weight is 405 g/mol. The fraction of sp³-hybridized carbons (Fsp3) is 0.421. The van der Waals surface area contributed by atoms with Crippen LogP contribution >= 0.6 is 11.8 Å². The smallest absolute Gasteiger partial charge is 0.233 e. The van der Waals surface area contributed by atoms with E-state index in [2.05, 4.69) is 10.2 Å². The second-order valence-electron chi connectivity index (χ2n) is 5.95. The molecule has 1 aromatic heterocycles. The van der Waals surface area contributed by atoms with Gasteiger partial charge in [-0.2, -0.15) is 0 Å². The molecule has 28 heavy (non-hydrogen) atoms. The van der Waals surface area contributed by atoms with Crippen LogP contribution in [0.15, 0.2) is 29.3 Å². The Morgan fingerprint density at radius 2 is 1.75 bits per heavy atom. The van der Waals surface area contributed by atoms with Gasteiger partial charge in [-0.3, -0.25) is 4.79 Å². The molecule has 1 fully saturated rings. The Bertz CT molecular complexity index is 785. The van der Waals surface area contributed by atoms with Gasteiger partial charge in [0.1, 0.15) is 5.03 Å². The van der Waals surface area contributed by atoms with Crippen LogP contribution in [0.3, 0.4) is 0 Å². The molecule has 2 aromatic rings. The first kappa shape index (κ1) is 20.2. The number of thioether (sulfide) groups is 1. The summed E-state index contributed by atoms with van der Waals surface area (Å²) < 4.78 is 21.4. The predicted molar refractivity (Wildman–Crippen MR) is 105 cm³/mol. The molecule has 0 bridgehead atoms. The summed E-state index contributed by atoms with van der Waals surface area (Å²) in [5, 5.41) is 9.20. The van der Waals surface area contributed by atoms with E-state index in [0.717, 1.165) is 5.56 Å². The first-order valence-corrected chi connectivity index (χ1v) is 9.77. The highest BCUT2D eigenvalue weighted by atomic mass is 32.2. The molecule has 0 radical (unpaired) electrons. The van der Waals surface area contributed by atoms with E-state index in [1.165, 1.54) is 11.8 Å². The number of carbonyl (C=O) groups excluding carboxylic acids is 1. The number of methoxy groups -OCH3 is 3. The number of rotatable bonds is 7. The van der Waals surface area contributed by atoms with Gasteiger partial charge in [-0.25, -0.2) is 0 Å². The van der Waals surface area contributed by atoms with Crippen molar-refractivity contribution in [2.75, 3.05) is 53.4 Å². The molecular formula is C19H23N3O5S. The van der Waals surface area contributed by atoms with Crippen molar-refractivity contribution in [1.82, 2.24) is 15.1 Å². The molecule has 0 aliphatic carbocycles. The van der Waals surface area contributed by atoms with Crippen LogP contribution in [0.4, 0.5) is 0 Å². The molecule has 8 nitrogen and oxygen atoms in total. The highest BCUT2D eigenvalue weighted by Gasteiger charge is 2.18. The fourth-order valence-corrected chi connectivity index (χ4v) is 3.54. The van der Waals surface area contributed by atoms with Gasteiger partial charge in [-0.1, -0.05) is 11.8 Å². The van der Waals surface area contributed by atoms with Crippen molar-refractivity contribution in [2.45, 2.75) is 5.03 Å². The van der Waals surface area contributed by atoms with Gasteiger partial charge in [0.15, 0.2) is 11.5 Å². The summed E-state index contributed by atoms with van der Waals surface area (Å²) in [4.78, 5) is 14.0. The number of hydrogen-bond donors (Lipinski definition) is 0. The predicted octanol–water partition coefficient (Wildman–Crippen LogP) is 2.12. The molecular weight excluding hydrogens is 382 g/mol. The van der Waals surface area contributed by atoms with E-state index in [4.69, 9.17) is 18.9 Å². The molecule has 1 aliphatic heterocycles. The molecule has 2 heterocycles. The van der Waals surface area contributed by atoms with Crippen molar-refractivity contribution in [2.24, 2.45) is 0 Å². The monoisotopic (exact) mass is 405 g/mol. The molecule has 3 rings (SSSR count). The largest absolute Gasteiger partial charge is 0.493 e. The van der Waals surface area contributed by atoms with E-state index >= 15 is 0 Å². The molecule has 150 valence electrons. The van der Waals surface area contributed by atoms with E-state index < -0.39 is 0 Å². The van der Waals surface area contributed by atoms with Gasteiger partial charge in [0.2, 0.25) is 11.7 Å². The van der Waals surface area contributed by atoms with Crippen molar-refractivity contribution in [3.05, 3.63) is 24.3 Å². The Labute approximate surface area is 168 Å². The van der Waals surface area contributed by atoms with E-state index in [1.54, 1.807) is 21.3 Å². The second kappa shape index (κ2) is 9.61. The number of amides is 1. The number of benzene rings is 1. The molecule has 1 aliphatic rings. The lowest BCUT2D eigenvalue weighted by molar-refractivity contribution is -0.132. The quantitative estimate of drug-likeness (QED) is 0.648. The van der Waals surface area contributed by atoms with E-state index in [9.17, 15) is 4.79 Å². The Balaban J connectivity index is 1.69. The topological polar surface area (TPSA) is 83.0 Å². The zero-order chi connectivity index (χ0) is 19.9. The lowest BCUT2D eigenvalue weighted by Crippen LogP contribution is -2.41. The first-order chi connectivity index (χ1) is 13.7. The summed E-state index contributed by atoms with van der Waals surface area (Å²) in [6.45, 7) is 2.48. The number of nitrogens with zero attached hydrogens (tertiary/aromatic N) is 3. The SMILES string of the molecule is COc1cc(-c2ccc(SCC(=O)N3CCOCC3)nn2)cc(OC)c1OC. The summed E-state index contributed by atoms with van der Waals surface area (Å²) in [6.07, 6.45) is 0. The molecule has 9 heteroatoms. The van der Waals surface area contributed by atoms with Gasteiger partial charge < -0.3 is 23.8 Å². The zero-order valence-electron chi connectivity index (χ0n) is 16.1. The van der Waals surface area contributed by atoms with Gasteiger partial charge in [-0.15, -0.1) is 10.2 Å². The van der Waals surface area contributed by atoms with Crippen molar-refractivity contribution in [3.8, 4) is 28.5 Å². The van der Waals surface area contributed by atoms with Crippen molar-refractivity contribution < 1.29 is 23.7 Å². The molecule has 0 atom stereocenters. The van der Waals surface area contributed by atoms with Crippen molar-refractivity contribution in [3.63, 3.8) is 0 Å². The minimum Gasteiger partial charge on any atom is -0.493 e. The Kier molecular flexibility index (Phi) is 6.94. The Morgan fingerprint density at radius 1 is 1.07 bits per heavy atom. The lowest BCUT2D eigenvalue weighted by Gasteiger charge is -2.26. The number of morpholine rings is 1. The molecule has 0 N–H and O–H groups in total. The summed E-state index contributed by atoms with van der Waals surface area (Å²) >= 11 is 1.37. The normalized spacial score (nSPS) is 13.9. The molecule has 1 amide bonds. The summed E-state index contributed by atoms with van der Waals surface area (Å²) in [5.74, 6) is 2.04. The number of aromatic nitrogens is 2. The van der Waals surface area contributed by atoms with Crippen LogP contribution in [0, 0.1) is 0 Å². The summed E-state index contributed by atoms with van der Waals surface area (Å²) in [7, 11) is 4.69. The van der Waals surface area contributed by atoms with Crippen molar-refractivity contribution in [1.29, 1.82) is 0 Å². The average Bonchev–Trinajstić information content (AvgIpc) is 2.77. The van der Waals surface area contributed by atoms with E-state index in [0.29, 0.717) is 60.0 Å². The van der Waals surface area contributed by atoms with Gasteiger partial charge in [0.05, 0.1) is 46.0 Å². The molecule has 1 saturated heterocycles. The van der Waals surface area contributed by atoms with Crippen LogP contribution in [0.25, 0.3) is 11.3 Å². The maximum atomic E-state index is 12.2. The highest BCUT2D eigenvalue weighted by Crippen LogP contribution is 2.40. The zero-order valence-corrected chi connectivity index (χ0v) is 17.0. The lowest BCUT2D eigenvalue weighted by atomic mass is 10.1. The number of carbonyl (C=O) groups is 1. The highest BCUT2D eigenvalue weighted by molar-refractivity contribution is 7.99. The third-order valence-electron chi connectivity index (χ3n) is 4.31. The Hall–Kier alpha value is -2.52. The van der Waals surface area contributed by atoms with E-state index in [1.807, 2.05) is 29.2 Å². The minimum atomic E-state index is 0.0869. The summed E-state index contributed by atoms with van der Waals surface area (Å²) in [6, 6.07) is 7.35. The number of hydrogen-bond acceptors (Lipinski definition) is 8. The van der Waals surface area contributed by atoms with Gasteiger partial charge in [0, 0.05) is 18.7 Å². The van der Waals surface area contributed by atoms with Gasteiger partial charge in [-0.05, 0) is 24.3 Å². The molecule has 1 aromatic carbocycles. The molecule has 0 unspecified atom stereocenters. The van der Waals surface area contributed by atoms with Crippen LogP contribution in [0.5, 0.6) is 17.2 Å². The first-order valence-electron chi connectivity index (χ1n) is 8.78. The fourth-order valence-electron chi connectivity index (χ4n) is 2.82. The van der Waals surface area contributed by atoms with E-state index in [-0.39, 0.29) is 5.91 Å². The third-order valence-corrected chi connectivity index (χ3v) is 5.21. The molecule has 0 saturated carbocycles. The van der Waals surface area contributed by atoms with Crippen LogP contribution in [-0.4, -0.2) is 74.4 Å². The van der Waals surface area contributed by atoms with Crippen LogP contribution in [-0.2, 0) is 9.53 Å². The second-order valence-corrected chi connectivity index (χ2v) is 6.95. The van der Waals surface area contributed by atoms with Crippen LogP contribution < -0.4 is 14.2 Å². The maximum Gasteiger partial charge on any atom is 0.233 e. The number of ether oxygens (including phenoxy) is 4. The minimum absolute atomic E-state index is 0.0869. The third kappa shape index (κ3) is 4.66. The van der Waals surface area contributed by atoms with Gasteiger partial charge in [0.25, 0.3) is 0 Å². The summed E-state index contributed by atoms with van der Waals surface area (Å²) in [5.41, 5.74) is 1.46. The standard InChI is InChI=1S/C19H23N3O5S/c1-24-15-10-13(11-16(25-2)19(15)26-3)14-4-5-17(21-20-14)28-12-18(23)22-6-8-27-9-7-22/h4-5,10-11H,6-9,12H2,1-3H3. The van der Waals surface area contributed by atoms with Crippen LogP contribution in [0.2, 0.25) is 0 Å².